The van der Waals surface area contributed by atoms with E-state index in [0.29, 0.717) is 23.4 Å². The number of hydrogen-bond acceptors (Lipinski definition) is 8. The molecule has 2 aromatic carbocycles. The van der Waals surface area contributed by atoms with E-state index in [1.165, 1.54) is 7.11 Å². The molecule has 0 fully saturated rings. The number of rotatable bonds is 10. The molecule has 198 valence electrons. The molecule has 1 N–H and O–H groups in total. The van der Waals surface area contributed by atoms with Crippen molar-refractivity contribution in [1.29, 1.82) is 0 Å². The minimum absolute atomic E-state index is 0.00517. The Morgan fingerprint density at radius 3 is 2.08 bits per heavy atom. The maximum Gasteiger partial charge on any atom is 0.513 e. The molecule has 0 radical (unpaired) electrons. The number of hydrogen-bond donors (Lipinski definition) is 1. The van der Waals surface area contributed by atoms with Gasteiger partial charge in [0.15, 0.2) is 0 Å². The smallest absolute Gasteiger partial charge is 0.434 e. The van der Waals surface area contributed by atoms with E-state index in [-0.39, 0.29) is 41.4 Å². The molecule has 1 aliphatic heterocycles. The zero-order valence-corrected chi connectivity index (χ0v) is 22.4. The van der Waals surface area contributed by atoms with Crippen LogP contribution in [0.5, 0.6) is 0 Å². The monoisotopic (exact) mass is 549 g/mol. The van der Waals surface area contributed by atoms with Gasteiger partial charge in [0.1, 0.15) is 24.0 Å². The highest BCUT2D eigenvalue weighted by molar-refractivity contribution is 6.42. The molecular formula is C27H29Cl2NO7. The Kier molecular flexibility index (Phi) is 10.7. The Balaban J connectivity index is 1.78. The number of nitrogens with one attached hydrogen (secondary N) is 1. The SMILES string of the molecule is COCCOC(=O)OC1=C(C)NC(C)=C(OC(=O)OCCCc2ccccc2)C1c1cccc(Cl)c1Cl. The first-order chi connectivity index (χ1) is 17.8. The molecule has 1 unspecified atom stereocenters. The van der Waals surface area contributed by atoms with Crippen molar-refractivity contribution < 1.29 is 33.3 Å². The van der Waals surface area contributed by atoms with Crippen LogP contribution >= 0.6 is 23.2 Å². The molecule has 0 aromatic heterocycles. The van der Waals surface area contributed by atoms with Gasteiger partial charge < -0.3 is 29.0 Å². The normalized spacial score (nSPS) is 15.2. The minimum atomic E-state index is -0.946. The molecular weight excluding hydrogens is 521 g/mol. The maximum atomic E-state index is 12.7. The topological polar surface area (TPSA) is 92.3 Å². The summed E-state index contributed by atoms with van der Waals surface area (Å²) in [4.78, 5) is 25.0. The first kappa shape index (κ1) is 28.4. The van der Waals surface area contributed by atoms with Crippen LogP contribution in [0.4, 0.5) is 9.59 Å². The van der Waals surface area contributed by atoms with Crippen LogP contribution in [0.25, 0.3) is 0 Å². The first-order valence-electron chi connectivity index (χ1n) is 11.7. The third-order valence-electron chi connectivity index (χ3n) is 5.50. The number of aryl methyl sites for hydroxylation is 1. The van der Waals surface area contributed by atoms with E-state index in [2.05, 4.69) is 5.32 Å². The number of allylic oxidation sites excluding steroid dienone is 2. The molecule has 0 bridgehead atoms. The summed E-state index contributed by atoms with van der Waals surface area (Å²) in [5.41, 5.74) is 2.64. The summed E-state index contributed by atoms with van der Waals surface area (Å²) >= 11 is 12.8. The van der Waals surface area contributed by atoms with Gasteiger partial charge in [-0.05, 0) is 43.9 Å². The van der Waals surface area contributed by atoms with Crippen LogP contribution in [0, 0.1) is 0 Å². The van der Waals surface area contributed by atoms with Gasteiger partial charge >= 0.3 is 12.3 Å². The van der Waals surface area contributed by atoms with E-state index in [9.17, 15) is 9.59 Å². The summed E-state index contributed by atoms with van der Waals surface area (Å²) in [5, 5.41) is 3.59. The van der Waals surface area contributed by atoms with Crippen LogP contribution in [0.2, 0.25) is 10.0 Å². The van der Waals surface area contributed by atoms with Gasteiger partial charge in [-0.15, -0.1) is 0 Å². The fourth-order valence-corrected chi connectivity index (χ4v) is 4.19. The fourth-order valence-electron chi connectivity index (χ4n) is 3.78. The predicted octanol–water partition coefficient (Wildman–Crippen LogP) is 6.73. The maximum absolute atomic E-state index is 12.7. The van der Waals surface area contributed by atoms with E-state index in [0.717, 1.165) is 12.0 Å². The lowest BCUT2D eigenvalue weighted by Crippen LogP contribution is -2.29. The van der Waals surface area contributed by atoms with Crippen molar-refractivity contribution in [3.8, 4) is 0 Å². The average Bonchev–Trinajstić information content (AvgIpc) is 2.87. The molecule has 0 saturated heterocycles. The van der Waals surface area contributed by atoms with Gasteiger partial charge in [-0.25, -0.2) is 9.59 Å². The molecule has 3 rings (SSSR count). The lowest BCUT2D eigenvalue weighted by molar-refractivity contribution is 0.0458. The van der Waals surface area contributed by atoms with Crippen molar-refractivity contribution in [3.05, 3.63) is 92.6 Å². The second-order valence-electron chi connectivity index (χ2n) is 8.16. The number of carbonyl (C=O) groups excluding carboxylic acids is 2. The zero-order chi connectivity index (χ0) is 26.8. The zero-order valence-electron chi connectivity index (χ0n) is 20.8. The molecule has 8 nitrogen and oxygen atoms in total. The minimum Gasteiger partial charge on any atom is -0.434 e. The molecule has 10 heteroatoms. The third kappa shape index (κ3) is 7.89. The number of carbonyl (C=O) groups is 2. The molecule has 0 saturated carbocycles. The first-order valence-corrected chi connectivity index (χ1v) is 12.4. The number of halogens is 2. The predicted molar refractivity (Wildman–Crippen MR) is 139 cm³/mol. The highest BCUT2D eigenvalue weighted by atomic mass is 35.5. The van der Waals surface area contributed by atoms with Crippen molar-refractivity contribution >= 4 is 35.5 Å². The summed E-state index contributed by atoms with van der Waals surface area (Å²) in [6.07, 6.45) is -0.462. The number of methoxy groups -OCH3 is 1. The van der Waals surface area contributed by atoms with Crippen molar-refractivity contribution in [1.82, 2.24) is 5.32 Å². The molecule has 1 heterocycles. The Labute approximate surface area is 226 Å². The van der Waals surface area contributed by atoms with E-state index in [1.807, 2.05) is 30.3 Å². The van der Waals surface area contributed by atoms with Crippen molar-refractivity contribution in [2.24, 2.45) is 0 Å². The van der Waals surface area contributed by atoms with Gasteiger partial charge in [0.2, 0.25) is 0 Å². The fraction of sp³-hybridized carbons (Fsp3) is 0.333. The summed E-state index contributed by atoms with van der Waals surface area (Å²) in [6, 6.07) is 14.9. The van der Waals surface area contributed by atoms with Gasteiger partial charge in [0.05, 0.1) is 34.7 Å². The number of dihydropyridines is 1. The summed E-state index contributed by atoms with van der Waals surface area (Å²) in [6.45, 7) is 3.82. The number of benzene rings is 2. The second kappa shape index (κ2) is 13.9. The Hall–Kier alpha value is -3.20. The average molecular weight is 550 g/mol. The number of ether oxygens (including phenoxy) is 5. The second-order valence-corrected chi connectivity index (χ2v) is 8.95. The molecule has 1 atom stereocenters. The van der Waals surface area contributed by atoms with Crippen LogP contribution in [0.3, 0.4) is 0 Å². The van der Waals surface area contributed by atoms with Gasteiger partial charge in [-0.2, -0.15) is 0 Å². The Morgan fingerprint density at radius 2 is 1.46 bits per heavy atom. The van der Waals surface area contributed by atoms with Gasteiger partial charge in [0, 0.05) is 7.11 Å². The lowest BCUT2D eigenvalue weighted by Gasteiger charge is -2.30. The Morgan fingerprint density at radius 1 is 0.838 bits per heavy atom. The van der Waals surface area contributed by atoms with Crippen LogP contribution in [-0.2, 0) is 30.1 Å². The molecule has 0 aliphatic carbocycles. The van der Waals surface area contributed by atoms with Crippen LogP contribution in [-0.4, -0.2) is 39.2 Å². The Bertz CT molecular complexity index is 1160. The van der Waals surface area contributed by atoms with Crippen molar-refractivity contribution in [3.63, 3.8) is 0 Å². The van der Waals surface area contributed by atoms with Crippen molar-refractivity contribution in [2.75, 3.05) is 26.9 Å². The molecule has 2 aromatic rings. The summed E-state index contributed by atoms with van der Waals surface area (Å²) in [7, 11) is 1.49. The van der Waals surface area contributed by atoms with Gasteiger partial charge in [-0.1, -0.05) is 65.7 Å². The van der Waals surface area contributed by atoms with E-state index in [4.69, 9.17) is 46.9 Å². The van der Waals surface area contributed by atoms with Gasteiger partial charge in [-0.3, -0.25) is 0 Å². The molecule has 37 heavy (non-hydrogen) atoms. The van der Waals surface area contributed by atoms with E-state index < -0.39 is 18.2 Å². The lowest BCUT2D eigenvalue weighted by atomic mass is 9.90. The molecule has 0 spiro atoms. The molecule has 0 amide bonds. The van der Waals surface area contributed by atoms with E-state index >= 15 is 0 Å². The van der Waals surface area contributed by atoms with Crippen LogP contribution < -0.4 is 5.32 Å². The standard InChI is InChI=1S/C27H29Cl2NO7/c1-17-24(36-26(31)34-14-8-11-19-9-5-4-6-10-19)22(20-12-7-13-21(28)23(20)29)25(18(2)30-17)37-27(32)35-16-15-33-3/h4-7,9-10,12-13,22,30H,8,11,14-16H2,1-3H3. The third-order valence-corrected chi connectivity index (χ3v) is 6.33. The van der Waals surface area contributed by atoms with Crippen LogP contribution in [0.15, 0.2) is 71.4 Å². The highest BCUT2D eigenvalue weighted by Crippen LogP contribution is 2.43. The van der Waals surface area contributed by atoms with Crippen LogP contribution in [0.1, 0.15) is 37.3 Å². The summed E-state index contributed by atoms with van der Waals surface area (Å²) in [5.74, 6) is -0.578. The largest absolute Gasteiger partial charge is 0.513 e. The highest BCUT2D eigenvalue weighted by Gasteiger charge is 2.37. The van der Waals surface area contributed by atoms with Crippen molar-refractivity contribution in [2.45, 2.75) is 32.6 Å². The molecule has 1 aliphatic rings. The van der Waals surface area contributed by atoms with E-state index in [1.54, 1.807) is 32.0 Å². The summed E-state index contributed by atoms with van der Waals surface area (Å²) < 4.78 is 26.5. The quantitative estimate of drug-likeness (QED) is 0.257. The van der Waals surface area contributed by atoms with Gasteiger partial charge in [0.25, 0.3) is 0 Å².